The van der Waals surface area contributed by atoms with Gasteiger partial charge in [0.15, 0.2) is 10.7 Å². The second-order valence-electron chi connectivity index (χ2n) is 9.71. The van der Waals surface area contributed by atoms with Crippen LogP contribution in [0.1, 0.15) is 44.1 Å². The summed E-state index contributed by atoms with van der Waals surface area (Å²) in [4.78, 5) is 36.4. The fourth-order valence-electron chi connectivity index (χ4n) is 5.07. The van der Waals surface area contributed by atoms with Gasteiger partial charge >= 0.3 is 5.97 Å². The van der Waals surface area contributed by atoms with E-state index in [1.807, 2.05) is 24.3 Å². The lowest BCUT2D eigenvalue weighted by Crippen LogP contribution is -2.41. The normalized spacial score (nSPS) is 18.6. The maximum Gasteiger partial charge on any atom is 0.338 e. The number of nitrogens with zero attached hydrogens (tertiary/aromatic N) is 4. The van der Waals surface area contributed by atoms with Gasteiger partial charge in [-0.25, -0.2) is 9.79 Å². The van der Waals surface area contributed by atoms with Crippen LogP contribution in [0.4, 0.5) is 5.88 Å². The van der Waals surface area contributed by atoms with E-state index >= 15 is 0 Å². The molecule has 200 valence electrons. The molecule has 2 aliphatic heterocycles. The Balaban J connectivity index is 1.52. The molecule has 0 N–H and O–H groups in total. The topological polar surface area (TPSA) is 80.3 Å². The predicted octanol–water partition coefficient (Wildman–Crippen LogP) is 3.58. The summed E-state index contributed by atoms with van der Waals surface area (Å²) < 4.78 is 13.5. The molecular formula is C28H31ClN4O4S. The second-order valence-corrected chi connectivity index (χ2v) is 11.2. The number of furan rings is 1. The zero-order valence-corrected chi connectivity index (χ0v) is 23.5. The van der Waals surface area contributed by atoms with Crippen LogP contribution in [0.3, 0.4) is 0 Å². The number of carbonyl (C=O) groups excluding carboxylic acids is 1. The molecule has 1 saturated heterocycles. The molecule has 2 aliphatic rings. The minimum absolute atomic E-state index is 0.223. The van der Waals surface area contributed by atoms with E-state index in [-0.39, 0.29) is 12.2 Å². The monoisotopic (exact) mass is 554 g/mol. The van der Waals surface area contributed by atoms with Gasteiger partial charge in [-0.05, 0) is 64.5 Å². The van der Waals surface area contributed by atoms with Crippen LogP contribution in [0.15, 0.2) is 61.9 Å². The number of ether oxygens (including phenoxy) is 1. The zero-order chi connectivity index (χ0) is 27.0. The summed E-state index contributed by atoms with van der Waals surface area (Å²) in [5.41, 5.74) is 1.38. The van der Waals surface area contributed by atoms with Gasteiger partial charge < -0.3 is 19.0 Å². The van der Waals surface area contributed by atoms with Crippen molar-refractivity contribution in [1.29, 1.82) is 0 Å². The number of allylic oxidation sites excluding steroid dienone is 1. The van der Waals surface area contributed by atoms with Crippen molar-refractivity contribution in [2.45, 2.75) is 38.8 Å². The largest absolute Gasteiger partial charge is 0.463 e. The lowest BCUT2D eigenvalue weighted by Gasteiger charge is -2.35. The van der Waals surface area contributed by atoms with Crippen molar-refractivity contribution in [1.82, 2.24) is 9.47 Å². The Morgan fingerprint density at radius 3 is 2.58 bits per heavy atom. The fraction of sp³-hybridized carbons (Fsp3) is 0.393. The Morgan fingerprint density at radius 2 is 1.92 bits per heavy atom. The van der Waals surface area contributed by atoms with E-state index in [0.29, 0.717) is 37.4 Å². The van der Waals surface area contributed by atoms with Gasteiger partial charge in [-0.15, -0.1) is 0 Å². The minimum atomic E-state index is -0.671. The van der Waals surface area contributed by atoms with Crippen molar-refractivity contribution in [3.8, 4) is 0 Å². The van der Waals surface area contributed by atoms with Gasteiger partial charge in [0, 0.05) is 36.3 Å². The quantitative estimate of drug-likeness (QED) is 0.433. The van der Waals surface area contributed by atoms with Crippen molar-refractivity contribution in [2.75, 3.05) is 38.7 Å². The second kappa shape index (κ2) is 10.9. The fourth-order valence-corrected chi connectivity index (χ4v) is 6.23. The number of anilines is 1. The molecule has 2 aromatic heterocycles. The molecule has 1 atom stereocenters. The first-order valence-electron chi connectivity index (χ1n) is 12.7. The van der Waals surface area contributed by atoms with E-state index in [2.05, 4.69) is 28.9 Å². The lowest BCUT2D eigenvalue weighted by atomic mass is 9.96. The Kier molecular flexibility index (Phi) is 7.61. The van der Waals surface area contributed by atoms with Crippen LogP contribution in [-0.2, 0) is 9.53 Å². The third-order valence-corrected chi connectivity index (χ3v) is 8.33. The highest BCUT2D eigenvalue weighted by molar-refractivity contribution is 7.07. The number of piperidine rings is 1. The van der Waals surface area contributed by atoms with Crippen LogP contribution < -0.4 is 19.8 Å². The smallest absolute Gasteiger partial charge is 0.338 e. The summed E-state index contributed by atoms with van der Waals surface area (Å²) in [7, 11) is 4.24. The van der Waals surface area contributed by atoms with Crippen LogP contribution in [-0.4, -0.2) is 55.3 Å². The molecule has 0 bridgehead atoms. The predicted molar refractivity (Wildman–Crippen MR) is 149 cm³/mol. The summed E-state index contributed by atoms with van der Waals surface area (Å²) in [6.45, 7) is 5.60. The van der Waals surface area contributed by atoms with Crippen LogP contribution in [0.25, 0.3) is 6.08 Å². The first kappa shape index (κ1) is 26.5. The standard InChI is InChI=1S/C28H31ClN4O4S/c1-5-36-27(35)24-17(2)30-28-33(25(24)18-6-8-19(29)9-7-18)26(34)22(38-28)16-21-10-11-23(37-21)32-14-12-20(13-15-32)31(3)4/h6-11,16,20,25H,5,12-15H2,1-4H3/b22-16-/t25-/m1/s1. The molecule has 38 heavy (non-hydrogen) atoms. The maximum atomic E-state index is 13.7. The van der Waals surface area contributed by atoms with Crippen LogP contribution in [0, 0.1) is 0 Å². The van der Waals surface area contributed by atoms with Gasteiger partial charge in [-0.3, -0.25) is 9.36 Å². The van der Waals surface area contributed by atoms with Gasteiger partial charge in [-0.2, -0.15) is 0 Å². The number of rotatable bonds is 6. The van der Waals surface area contributed by atoms with E-state index in [1.165, 1.54) is 11.3 Å². The number of thiazole rings is 1. The van der Waals surface area contributed by atoms with E-state index in [0.717, 1.165) is 37.4 Å². The van der Waals surface area contributed by atoms with Gasteiger partial charge in [0.2, 0.25) is 0 Å². The van der Waals surface area contributed by atoms with Crippen LogP contribution in [0.2, 0.25) is 5.02 Å². The Hall–Kier alpha value is -3.14. The Bertz CT molecular complexity index is 1540. The Labute approximate surface area is 230 Å². The molecule has 0 unspecified atom stereocenters. The summed E-state index contributed by atoms with van der Waals surface area (Å²) in [5, 5.41) is 0.569. The number of hydrogen-bond donors (Lipinski definition) is 0. The molecule has 0 aliphatic carbocycles. The van der Waals surface area contributed by atoms with Gasteiger partial charge in [0.05, 0.1) is 28.5 Å². The van der Waals surface area contributed by atoms with Crippen molar-refractivity contribution >= 4 is 40.9 Å². The summed E-state index contributed by atoms with van der Waals surface area (Å²) in [6.07, 6.45) is 3.91. The molecule has 8 nitrogen and oxygen atoms in total. The SMILES string of the molecule is CCOC(=O)C1=C(C)N=c2s/c(=C\c3ccc(N4CCC(N(C)C)CC4)o3)c(=O)n2[C@@H]1c1ccc(Cl)cc1. The number of esters is 1. The average Bonchev–Trinajstić information content (AvgIpc) is 3.48. The molecule has 1 aromatic carbocycles. The first-order valence-corrected chi connectivity index (χ1v) is 13.9. The molecule has 10 heteroatoms. The Morgan fingerprint density at radius 1 is 1.21 bits per heavy atom. The maximum absolute atomic E-state index is 13.7. The lowest BCUT2D eigenvalue weighted by molar-refractivity contribution is -0.139. The number of benzene rings is 1. The summed E-state index contributed by atoms with van der Waals surface area (Å²) >= 11 is 7.40. The number of aromatic nitrogens is 1. The highest BCUT2D eigenvalue weighted by atomic mass is 35.5. The van der Waals surface area contributed by atoms with E-state index < -0.39 is 12.0 Å². The molecule has 0 spiro atoms. The molecule has 1 fully saturated rings. The highest BCUT2D eigenvalue weighted by Gasteiger charge is 2.33. The number of carbonyl (C=O) groups is 1. The highest BCUT2D eigenvalue weighted by Crippen LogP contribution is 2.31. The summed E-state index contributed by atoms with van der Waals surface area (Å²) in [6, 6.07) is 10.9. The molecule has 0 amide bonds. The number of fused-ring (bicyclic) bond motifs is 1. The van der Waals surface area contributed by atoms with Crippen LogP contribution >= 0.6 is 22.9 Å². The molecule has 5 rings (SSSR count). The van der Waals surface area contributed by atoms with Crippen molar-refractivity contribution in [2.24, 2.45) is 4.99 Å². The molecule has 0 saturated carbocycles. The van der Waals surface area contributed by atoms with E-state index in [1.54, 1.807) is 36.6 Å². The van der Waals surface area contributed by atoms with Gasteiger partial charge in [0.25, 0.3) is 5.56 Å². The van der Waals surface area contributed by atoms with Crippen LogP contribution in [0.5, 0.6) is 0 Å². The molecule has 0 radical (unpaired) electrons. The average molecular weight is 555 g/mol. The first-order chi connectivity index (χ1) is 18.3. The zero-order valence-electron chi connectivity index (χ0n) is 21.9. The third-order valence-electron chi connectivity index (χ3n) is 7.10. The number of hydrogen-bond acceptors (Lipinski definition) is 8. The molecule has 4 heterocycles. The van der Waals surface area contributed by atoms with Crippen molar-refractivity contribution in [3.05, 3.63) is 83.7 Å². The van der Waals surface area contributed by atoms with Crippen molar-refractivity contribution < 1.29 is 13.9 Å². The van der Waals surface area contributed by atoms with Gasteiger partial charge in [-0.1, -0.05) is 35.1 Å². The van der Waals surface area contributed by atoms with E-state index in [9.17, 15) is 9.59 Å². The minimum Gasteiger partial charge on any atom is -0.463 e. The summed E-state index contributed by atoms with van der Waals surface area (Å²) in [5.74, 6) is 0.918. The molecule has 3 aromatic rings. The third kappa shape index (κ3) is 5.10. The van der Waals surface area contributed by atoms with Gasteiger partial charge in [0.1, 0.15) is 5.76 Å². The van der Waals surface area contributed by atoms with E-state index in [4.69, 9.17) is 20.8 Å². The number of halogens is 1. The molecular weight excluding hydrogens is 524 g/mol. The van der Waals surface area contributed by atoms with Crippen molar-refractivity contribution in [3.63, 3.8) is 0 Å².